The highest BCUT2D eigenvalue weighted by molar-refractivity contribution is 6.34. The van der Waals surface area contributed by atoms with Gasteiger partial charge >= 0.3 is 0 Å². The van der Waals surface area contributed by atoms with Gasteiger partial charge in [-0.25, -0.2) is 0 Å². The van der Waals surface area contributed by atoms with Gasteiger partial charge in [0, 0.05) is 33.9 Å². The van der Waals surface area contributed by atoms with E-state index in [0.29, 0.717) is 16.6 Å². The maximum absolute atomic E-state index is 6.00. The fourth-order valence-corrected chi connectivity index (χ4v) is 2.74. The van der Waals surface area contributed by atoms with Crippen LogP contribution in [0.15, 0.2) is 54.7 Å². The van der Waals surface area contributed by atoms with E-state index in [-0.39, 0.29) is 0 Å². The predicted molar refractivity (Wildman–Crippen MR) is 85.5 cm³/mol. The van der Waals surface area contributed by atoms with Crippen LogP contribution in [0.3, 0.4) is 0 Å². The molecule has 1 N–H and O–H groups in total. The zero-order valence-corrected chi connectivity index (χ0v) is 12.1. The molecule has 0 saturated heterocycles. The van der Waals surface area contributed by atoms with Gasteiger partial charge in [-0.15, -0.1) is 0 Å². The second kappa shape index (κ2) is 5.70. The normalized spacial score (nSPS) is 10.7. The summed E-state index contributed by atoms with van der Waals surface area (Å²) in [5, 5.41) is 5.80. The Hall–Kier alpha value is -1.77. The molecule has 20 heavy (non-hydrogen) atoms. The smallest absolute Gasteiger partial charge is 0.0722 e. The number of hydrogen-bond acceptors (Lipinski definition) is 2. The molecule has 0 saturated carbocycles. The summed E-state index contributed by atoms with van der Waals surface area (Å²) in [6, 6.07) is 15.6. The van der Waals surface area contributed by atoms with Gasteiger partial charge in [0.05, 0.1) is 5.52 Å². The van der Waals surface area contributed by atoms with Crippen molar-refractivity contribution < 1.29 is 0 Å². The summed E-state index contributed by atoms with van der Waals surface area (Å²) < 4.78 is 0. The average molecular weight is 303 g/mol. The molecular formula is C16H12Cl2N2. The lowest BCUT2D eigenvalue weighted by Crippen LogP contribution is -2.00. The molecule has 3 rings (SSSR count). The van der Waals surface area contributed by atoms with Gasteiger partial charge in [-0.05, 0) is 48.0 Å². The maximum Gasteiger partial charge on any atom is 0.0722 e. The number of rotatable bonds is 3. The number of halogens is 2. The molecule has 0 aliphatic carbocycles. The Morgan fingerprint density at radius 3 is 2.55 bits per heavy atom. The van der Waals surface area contributed by atoms with Crippen LogP contribution in [0.25, 0.3) is 10.9 Å². The molecule has 100 valence electrons. The van der Waals surface area contributed by atoms with Crippen molar-refractivity contribution in [3.8, 4) is 0 Å². The molecule has 1 aromatic heterocycles. The van der Waals surface area contributed by atoms with Gasteiger partial charge in [-0.1, -0.05) is 29.3 Å². The van der Waals surface area contributed by atoms with Crippen molar-refractivity contribution >= 4 is 39.8 Å². The van der Waals surface area contributed by atoms with E-state index in [1.807, 2.05) is 36.4 Å². The molecule has 1 heterocycles. The summed E-state index contributed by atoms with van der Waals surface area (Å²) in [5.41, 5.74) is 3.07. The quantitative estimate of drug-likeness (QED) is 0.723. The molecule has 0 bridgehead atoms. The number of hydrogen-bond donors (Lipinski definition) is 1. The zero-order chi connectivity index (χ0) is 13.9. The molecule has 0 spiro atoms. The summed E-state index contributed by atoms with van der Waals surface area (Å²) in [4.78, 5) is 4.34. The van der Waals surface area contributed by atoms with Crippen LogP contribution in [0.5, 0.6) is 0 Å². The molecule has 2 nitrogen and oxygen atoms in total. The van der Waals surface area contributed by atoms with Crippen LogP contribution < -0.4 is 5.32 Å². The summed E-state index contributed by atoms with van der Waals surface area (Å²) >= 11 is 12.0. The average Bonchev–Trinajstić information content (AvgIpc) is 2.44. The van der Waals surface area contributed by atoms with Crippen molar-refractivity contribution in [1.82, 2.24) is 4.98 Å². The van der Waals surface area contributed by atoms with Crippen molar-refractivity contribution in [2.45, 2.75) is 6.54 Å². The predicted octanol–water partition coefficient (Wildman–Crippen LogP) is 5.15. The first kappa shape index (κ1) is 13.2. The van der Waals surface area contributed by atoms with E-state index >= 15 is 0 Å². The summed E-state index contributed by atoms with van der Waals surface area (Å²) in [6.45, 7) is 0.661. The highest BCUT2D eigenvalue weighted by atomic mass is 35.5. The Labute approximate surface area is 127 Å². The number of pyridine rings is 1. The van der Waals surface area contributed by atoms with Crippen molar-refractivity contribution in [3.05, 3.63) is 70.3 Å². The van der Waals surface area contributed by atoms with Crippen LogP contribution in [0.1, 0.15) is 5.56 Å². The van der Waals surface area contributed by atoms with Crippen molar-refractivity contribution in [2.24, 2.45) is 0 Å². The Morgan fingerprint density at radius 2 is 1.75 bits per heavy atom. The lowest BCUT2D eigenvalue weighted by atomic mass is 10.1. The Morgan fingerprint density at radius 1 is 0.950 bits per heavy atom. The van der Waals surface area contributed by atoms with Gasteiger partial charge in [0.2, 0.25) is 0 Å². The Bertz CT molecular complexity index is 731. The van der Waals surface area contributed by atoms with Crippen LogP contribution in [-0.4, -0.2) is 4.98 Å². The zero-order valence-electron chi connectivity index (χ0n) is 10.6. The minimum atomic E-state index is 0.647. The van der Waals surface area contributed by atoms with Gasteiger partial charge in [0.25, 0.3) is 0 Å². The van der Waals surface area contributed by atoms with Crippen LogP contribution in [0.4, 0.5) is 5.69 Å². The minimum absolute atomic E-state index is 0.647. The minimum Gasteiger partial charge on any atom is -0.380 e. The fraction of sp³-hybridized carbons (Fsp3) is 0.0625. The van der Waals surface area contributed by atoms with Crippen molar-refractivity contribution in [3.63, 3.8) is 0 Å². The number of aromatic nitrogens is 1. The third-order valence-corrected chi connectivity index (χ3v) is 3.49. The number of anilines is 1. The monoisotopic (exact) mass is 302 g/mol. The summed E-state index contributed by atoms with van der Waals surface area (Å²) in [6.07, 6.45) is 1.79. The van der Waals surface area contributed by atoms with E-state index in [0.717, 1.165) is 22.2 Å². The number of benzene rings is 2. The third kappa shape index (κ3) is 2.87. The van der Waals surface area contributed by atoms with Gasteiger partial charge in [0.1, 0.15) is 0 Å². The van der Waals surface area contributed by atoms with E-state index in [9.17, 15) is 0 Å². The van der Waals surface area contributed by atoms with Gasteiger partial charge in [0.15, 0.2) is 0 Å². The molecule has 0 radical (unpaired) electrons. The first-order chi connectivity index (χ1) is 9.72. The molecule has 0 amide bonds. The van der Waals surface area contributed by atoms with Gasteiger partial charge in [-0.3, -0.25) is 4.98 Å². The molecular weight excluding hydrogens is 291 g/mol. The van der Waals surface area contributed by atoms with Crippen molar-refractivity contribution in [1.29, 1.82) is 0 Å². The van der Waals surface area contributed by atoms with Gasteiger partial charge < -0.3 is 5.32 Å². The summed E-state index contributed by atoms with van der Waals surface area (Å²) in [5.74, 6) is 0. The van der Waals surface area contributed by atoms with E-state index in [4.69, 9.17) is 23.2 Å². The number of fused-ring (bicyclic) bond motifs is 1. The van der Waals surface area contributed by atoms with Crippen LogP contribution in [-0.2, 0) is 6.54 Å². The second-order valence-electron chi connectivity index (χ2n) is 4.51. The maximum atomic E-state index is 6.00. The molecule has 0 fully saturated rings. The first-order valence-corrected chi connectivity index (χ1v) is 7.00. The van der Waals surface area contributed by atoms with E-state index in [1.54, 1.807) is 12.3 Å². The molecule has 0 atom stereocenters. The number of nitrogens with one attached hydrogen (secondary N) is 1. The standard InChI is InChI=1S/C16H12Cl2N2/c17-12-7-11(8-13(18)9-12)10-20-16-5-1-4-15-14(16)3-2-6-19-15/h1-9,20H,10H2. The lowest BCUT2D eigenvalue weighted by Gasteiger charge is -2.10. The topological polar surface area (TPSA) is 24.9 Å². The molecule has 0 aliphatic heterocycles. The van der Waals surface area contributed by atoms with Crippen LogP contribution in [0, 0.1) is 0 Å². The Kier molecular flexibility index (Phi) is 3.77. The highest BCUT2D eigenvalue weighted by Gasteiger charge is 2.02. The molecule has 0 aliphatic rings. The highest BCUT2D eigenvalue weighted by Crippen LogP contribution is 2.23. The van der Waals surface area contributed by atoms with E-state index in [1.165, 1.54) is 0 Å². The van der Waals surface area contributed by atoms with Crippen LogP contribution >= 0.6 is 23.2 Å². The van der Waals surface area contributed by atoms with E-state index < -0.39 is 0 Å². The first-order valence-electron chi connectivity index (χ1n) is 6.25. The van der Waals surface area contributed by atoms with Crippen LogP contribution in [0.2, 0.25) is 10.0 Å². The summed E-state index contributed by atoms with van der Waals surface area (Å²) in [7, 11) is 0. The van der Waals surface area contributed by atoms with Gasteiger partial charge in [-0.2, -0.15) is 0 Å². The largest absolute Gasteiger partial charge is 0.380 e. The molecule has 2 aromatic carbocycles. The third-order valence-electron chi connectivity index (χ3n) is 3.05. The molecule has 3 aromatic rings. The fourth-order valence-electron chi connectivity index (χ4n) is 2.17. The molecule has 0 unspecified atom stereocenters. The lowest BCUT2D eigenvalue weighted by molar-refractivity contribution is 1.15. The molecule has 4 heteroatoms. The second-order valence-corrected chi connectivity index (χ2v) is 5.38. The SMILES string of the molecule is Clc1cc(Cl)cc(CNc2cccc3ncccc23)c1. The van der Waals surface area contributed by atoms with E-state index in [2.05, 4.69) is 16.4 Å². The van der Waals surface area contributed by atoms with Crippen molar-refractivity contribution in [2.75, 3.05) is 5.32 Å². The Balaban J connectivity index is 1.87. The number of nitrogens with zero attached hydrogens (tertiary/aromatic N) is 1.